The number of hydrogen-bond acceptors (Lipinski definition) is 3. The van der Waals surface area contributed by atoms with Gasteiger partial charge in [-0.1, -0.05) is 45.0 Å². The van der Waals surface area contributed by atoms with Crippen LogP contribution in [0.25, 0.3) is 0 Å². The van der Waals surface area contributed by atoms with Crippen LogP contribution in [-0.2, 0) is 5.41 Å². The molecule has 1 heterocycles. The molecule has 0 saturated carbocycles. The van der Waals surface area contributed by atoms with Gasteiger partial charge in [-0.2, -0.15) is 10.2 Å². The van der Waals surface area contributed by atoms with Crippen molar-refractivity contribution in [2.45, 2.75) is 32.2 Å². The SMILES string of the molecule is CC(C)(C)c1ccc(C(N)c2ccnnc2)cc1. The maximum atomic E-state index is 6.21. The van der Waals surface area contributed by atoms with E-state index in [4.69, 9.17) is 5.73 Å². The van der Waals surface area contributed by atoms with Crippen LogP contribution < -0.4 is 5.73 Å². The van der Waals surface area contributed by atoms with Crippen LogP contribution in [0.4, 0.5) is 0 Å². The Bertz CT molecular complexity index is 498. The standard InChI is InChI=1S/C15H19N3/c1-15(2,3)13-6-4-11(5-7-13)14(16)12-8-9-17-18-10-12/h4-10,14H,16H2,1-3H3. The number of aromatic nitrogens is 2. The molecule has 1 unspecified atom stereocenters. The number of benzene rings is 1. The largest absolute Gasteiger partial charge is 0.320 e. The molecule has 1 atom stereocenters. The molecule has 2 aromatic rings. The van der Waals surface area contributed by atoms with Crippen LogP contribution >= 0.6 is 0 Å². The molecule has 0 bridgehead atoms. The van der Waals surface area contributed by atoms with Gasteiger partial charge in [0.1, 0.15) is 0 Å². The van der Waals surface area contributed by atoms with Crippen LogP contribution in [0.5, 0.6) is 0 Å². The number of nitrogens with two attached hydrogens (primary N) is 1. The predicted octanol–water partition coefficient (Wildman–Crippen LogP) is 2.82. The quantitative estimate of drug-likeness (QED) is 0.879. The second-order valence-corrected chi connectivity index (χ2v) is 5.53. The fourth-order valence-electron chi connectivity index (χ4n) is 1.87. The Morgan fingerprint density at radius 2 is 1.61 bits per heavy atom. The van der Waals surface area contributed by atoms with Crippen molar-refractivity contribution in [1.82, 2.24) is 10.2 Å². The third-order valence-electron chi connectivity index (χ3n) is 3.10. The van der Waals surface area contributed by atoms with Gasteiger partial charge in [-0.15, -0.1) is 0 Å². The van der Waals surface area contributed by atoms with Gasteiger partial charge < -0.3 is 5.73 Å². The molecule has 0 amide bonds. The second kappa shape index (κ2) is 4.86. The van der Waals surface area contributed by atoms with Crippen molar-refractivity contribution in [1.29, 1.82) is 0 Å². The molecule has 0 aliphatic rings. The smallest absolute Gasteiger partial charge is 0.0568 e. The summed E-state index contributed by atoms with van der Waals surface area (Å²) in [6.07, 6.45) is 3.38. The van der Waals surface area contributed by atoms with Crippen molar-refractivity contribution >= 4 is 0 Å². The molecular weight excluding hydrogens is 222 g/mol. The van der Waals surface area contributed by atoms with E-state index in [2.05, 4.69) is 55.2 Å². The van der Waals surface area contributed by atoms with Crippen LogP contribution in [0.2, 0.25) is 0 Å². The average molecular weight is 241 g/mol. The highest BCUT2D eigenvalue weighted by atomic mass is 15.1. The molecule has 0 fully saturated rings. The van der Waals surface area contributed by atoms with Crippen molar-refractivity contribution in [3.63, 3.8) is 0 Å². The first-order chi connectivity index (χ1) is 8.48. The van der Waals surface area contributed by atoms with Crippen molar-refractivity contribution < 1.29 is 0 Å². The molecule has 2 N–H and O–H groups in total. The van der Waals surface area contributed by atoms with Crippen LogP contribution in [0.3, 0.4) is 0 Å². The lowest BCUT2D eigenvalue weighted by Crippen LogP contribution is -2.14. The zero-order valence-corrected chi connectivity index (χ0v) is 11.1. The third-order valence-corrected chi connectivity index (χ3v) is 3.10. The summed E-state index contributed by atoms with van der Waals surface area (Å²) in [6, 6.07) is 10.2. The van der Waals surface area contributed by atoms with E-state index >= 15 is 0 Å². The highest BCUT2D eigenvalue weighted by Gasteiger charge is 2.14. The van der Waals surface area contributed by atoms with Gasteiger partial charge in [0.25, 0.3) is 0 Å². The number of rotatable bonds is 2. The number of hydrogen-bond donors (Lipinski definition) is 1. The van der Waals surface area contributed by atoms with Crippen molar-refractivity contribution in [3.8, 4) is 0 Å². The van der Waals surface area contributed by atoms with Crippen molar-refractivity contribution in [2.75, 3.05) is 0 Å². The molecule has 0 aliphatic carbocycles. The van der Waals surface area contributed by atoms with E-state index in [1.54, 1.807) is 12.4 Å². The lowest BCUT2D eigenvalue weighted by Gasteiger charge is -2.20. The second-order valence-electron chi connectivity index (χ2n) is 5.53. The normalized spacial score (nSPS) is 13.3. The van der Waals surface area contributed by atoms with Gasteiger partial charge in [0, 0.05) is 6.20 Å². The Morgan fingerprint density at radius 3 is 2.11 bits per heavy atom. The summed E-state index contributed by atoms with van der Waals surface area (Å²) in [5.41, 5.74) is 9.76. The third kappa shape index (κ3) is 2.74. The van der Waals surface area contributed by atoms with E-state index in [0.717, 1.165) is 11.1 Å². The molecule has 1 aromatic heterocycles. The van der Waals surface area contributed by atoms with Crippen LogP contribution in [0.1, 0.15) is 43.5 Å². The van der Waals surface area contributed by atoms with Gasteiger partial charge in [0.05, 0.1) is 12.2 Å². The molecular formula is C15H19N3. The molecule has 3 heteroatoms. The molecule has 3 nitrogen and oxygen atoms in total. The van der Waals surface area contributed by atoms with Gasteiger partial charge >= 0.3 is 0 Å². The monoisotopic (exact) mass is 241 g/mol. The maximum absolute atomic E-state index is 6.21. The van der Waals surface area contributed by atoms with Gasteiger partial charge in [-0.3, -0.25) is 0 Å². The minimum atomic E-state index is -0.144. The topological polar surface area (TPSA) is 51.8 Å². The number of nitrogens with zero attached hydrogens (tertiary/aromatic N) is 2. The van der Waals surface area contributed by atoms with Gasteiger partial charge in [-0.25, -0.2) is 0 Å². The summed E-state index contributed by atoms with van der Waals surface area (Å²) in [5, 5.41) is 7.62. The van der Waals surface area contributed by atoms with Crippen molar-refractivity contribution in [3.05, 3.63) is 59.4 Å². The zero-order chi connectivity index (χ0) is 13.2. The molecule has 0 radical (unpaired) electrons. The Morgan fingerprint density at radius 1 is 0.944 bits per heavy atom. The Hall–Kier alpha value is -1.74. The minimum absolute atomic E-state index is 0.144. The summed E-state index contributed by atoms with van der Waals surface area (Å²) in [4.78, 5) is 0. The molecule has 0 spiro atoms. The van der Waals surface area contributed by atoms with E-state index in [0.29, 0.717) is 0 Å². The van der Waals surface area contributed by atoms with E-state index in [9.17, 15) is 0 Å². The van der Waals surface area contributed by atoms with Crippen LogP contribution in [0.15, 0.2) is 42.7 Å². The van der Waals surface area contributed by atoms with Gasteiger partial charge in [0.15, 0.2) is 0 Å². The van der Waals surface area contributed by atoms with Crippen LogP contribution in [0, 0.1) is 0 Å². The summed E-state index contributed by atoms with van der Waals surface area (Å²) in [5.74, 6) is 0. The first kappa shape index (κ1) is 12.7. The van der Waals surface area contributed by atoms with E-state index < -0.39 is 0 Å². The molecule has 2 rings (SSSR count). The molecule has 18 heavy (non-hydrogen) atoms. The van der Waals surface area contributed by atoms with Crippen LogP contribution in [-0.4, -0.2) is 10.2 Å². The van der Waals surface area contributed by atoms with E-state index in [-0.39, 0.29) is 11.5 Å². The summed E-state index contributed by atoms with van der Waals surface area (Å²) in [6.45, 7) is 6.61. The van der Waals surface area contributed by atoms with Crippen molar-refractivity contribution in [2.24, 2.45) is 5.73 Å². The maximum Gasteiger partial charge on any atom is 0.0568 e. The molecule has 0 aliphatic heterocycles. The fraction of sp³-hybridized carbons (Fsp3) is 0.333. The Balaban J connectivity index is 2.25. The van der Waals surface area contributed by atoms with E-state index in [1.165, 1.54) is 5.56 Å². The minimum Gasteiger partial charge on any atom is -0.320 e. The summed E-state index contributed by atoms with van der Waals surface area (Å²) < 4.78 is 0. The predicted molar refractivity (Wildman–Crippen MR) is 73.2 cm³/mol. The highest BCUT2D eigenvalue weighted by Crippen LogP contribution is 2.25. The molecule has 1 aromatic carbocycles. The first-order valence-corrected chi connectivity index (χ1v) is 6.11. The lowest BCUT2D eigenvalue weighted by atomic mass is 9.86. The fourth-order valence-corrected chi connectivity index (χ4v) is 1.87. The summed E-state index contributed by atoms with van der Waals surface area (Å²) in [7, 11) is 0. The first-order valence-electron chi connectivity index (χ1n) is 6.11. The molecule has 0 saturated heterocycles. The Kier molecular flexibility index (Phi) is 3.43. The van der Waals surface area contributed by atoms with E-state index in [1.807, 2.05) is 6.07 Å². The zero-order valence-electron chi connectivity index (χ0n) is 11.1. The summed E-state index contributed by atoms with van der Waals surface area (Å²) >= 11 is 0. The Labute approximate surface area is 108 Å². The van der Waals surface area contributed by atoms with Gasteiger partial charge in [-0.05, 0) is 28.2 Å². The van der Waals surface area contributed by atoms with Gasteiger partial charge in [0.2, 0.25) is 0 Å². The average Bonchev–Trinajstić information content (AvgIpc) is 2.38. The lowest BCUT2D eigenvalue weighted by molar-refractivity contribution is 0.589. The highest BCUT2D eigenvalue weighted by molar-refractivity contribution is 5.33. The molecule has 94 valence electrons.